The molecule has 0 atom stereocenters. The first-order valence-electron chi connectivity index (χ1n) is 7.21. The number of halogens is 1. The summed E-state index contributed by atoms with van der Waals surface area (Å²) in [5.74, 6) is 0.848. The number of methoxy groups -OCH3 is 2. The number of aromatic nitrogens is 2. The lowest BCUT2D eigenvalue weighted by Gasteiger charge is -2.12. The van der Waals surface area contributed by atoms with Crippen LogP contribution in [0.3, 0.4) is 0 Å². The van der Waals surface area contributed by atoms with Crippen molar-refractivity contribution >= 4 is 28.8 Å². The Hall–Kier alpha value is -2.73. The average molecular weight is 346 g/mol. The second kappa shape index (κ2) is 6.41. The molecule has 2 aromatic heterocycles. The van der Waals surface area contributed by atoms with Crippen LogP contribution in [-0.4, -0.2) is 29.5 Å². The number of amides is 1. The minimum Gasteiger partial charge on any atom is -0.497 e. The van der Waals surface area contributed by atoms with Crippen LogP contribution in [0.25, 0.3) is 5.65 Å². The normalized spacial score (nSPS) is 10.7. The van der Waals surface area contributed by atoms with Crippen molar-refractivity contribution < 1.29 is 14.3 Å². The Kier molecular flexibility index (Phi) is 4.31. The summed E-state index contributed by atoms with van der Waals surface area (Å²) in [6.07, 6.45) is 1.66. The van der Waals surface area contributed by atoms with Gasteiger partial charge < -0.3 is 14.8 Å². The van der Waals surface area contributed by atoms with Crippen molar-refractivity contribution in [2.45, 2.75) is 6.92 Å². The number of pyridine rings is 1. The number of ether oxygens (including phenoxy) is 2. The molecule has 0 bridgehead atoms. The molecule has 0 spiro atoms. The number of fused-ring (bicyclic) bond motifs is 1. The number of carbonyl (C=O) groups is 1. The second-order valence-electron chi connectivity index (χ2n) is 5.14. The van der Waals surface area contributed by atoms with Crippen molar-refractivity contribution in [3.05, 3.63) is 52.9 Å². The number of nitrogens with one attached hydrogen (secondary N) is 1. The van der Waals surface area contributed by atoms with Crippen molar-refractivity contribution in [3.8, 4) is 11.5 Å². The molecule has 124 valence electrons. The van der Waals surface area contributed by atoms with Crippen LogP contribution in [-0.2, 0) is 0 Å². The van der Waals surface area contributed by atoms with E-state index >= 15 is 0 Å². The van der Waals surface area contributed by atoms with Gasteiger partial charge in [0.15, 0.2) is 0 Å². The molecule has 7 heteroatoms. The smallest absolute Gasteiger partial charge is 0.274 e. The van der Waals surface area contributed by atoms with Crippen LogP contribution < -0.4 is 14.8 Å². The molecule has 0 fully saturated rings. The molecular formula is C17H16ClN3O3. The van der Waals surface area contributed by atoms with Gasteiger partial charge >= 0.3 is 0 Å². The third-order valence-corrected chi connectivity index (χ3v) is 3.85. The zero-order chi connectivity index (χ0) is 17.3. The Morgan fingerprint density at radius 1 is 1.21 bits per heavy atom. The number of imidazole rings is 1. The van der Waals surface area contributed by atoms with E-state index in [9.17, 15) is 4.79 Å². The van der Waals surface area contributed by atoms with Gasteiger partial charge in [0.05, 0.1) is 30.6 Å². The Bertz CT molecular complexity index is 921. The van der Waals surface area contributed by atoms with E-state index in [4.69, 9.17) is 21.1 Å². The zero-order valence-electron chi connectivity index (χ0n) is 13.5. The van der Waals surface area contributed by atoms with E-state index in [-0.39, 0.29) is 5.91 Å². The maximum Gasteiger partial charge on any atom is 0.274 e. The highest BCUT2D eigenvalue weighted by Crippen LogP contribution is 2.29. The highest BCUT2D eigenvalue weighted by Gasteiger charge is 2.18. The fraction of sp³-hybridized carbons (Fsp3) is 0.176. The molecule has 6 nitrogen and oxygen atoms in total. The largest absolute Gasteiger partial charge is 0.497 e. The number of hydrogen-bond donors (Lipinski definition) is 1. The summed E-state index contributed by atoms with van der Waals surface area (Å²) >= 11 is 6.03. The molecule has 0 aliphatic heterocycles. The molecule has 3 aromatic rings. The number of carbonyl (C=O) groups excluding carboxylic acids is 1. The monoisotopic (exact) mass is 345 g/mol. The first kappa shape index (κ1) is 16.1. The average Bonchev–Trinajstić information content (AvgIpc) is 2.90. The van der Waals surface area contributed by atoms with Gasteiger partial charge in [-0.15, -0.1) is 0 Å². The fourth-order valence-corrected chi connectivity index (χ4v) is 2.65. The molecule has 0 aliphatic carbocycles. The summed E-state index contributed by atoms with van der Waals surface area (Å²) in [6, 6.07) is 8.67. The van der Waals surface area contributed by atoms with Gasteiger partial charge in [-0.2, -0.15) is 0 Å². The van der Waals surface area contributed by atoms with Crippen LogP contribution >= 0.6 is 11.6 Å². The summed E-state index contributed by atoms with van der Waals surface area (Å²) in [5, 5.41) is 3.37. The number of nitrogens with zero attached hydrogens (tertiary/aromatic N) is 2. The van der Waals surface area contributed by atoms with Crippen LogP contribution in [0.2, 0.25) is 5.02 Å². The number of benzene rings is 1. The second-order valence-corrected chi connectivity index (χ2v) is 5.58. The molecule has 0 saturated heterocycles. The van der Waals surface area contributed by atoms with E-state index in [0.717, 1.165) is 0 Å². The molecule has 3 rings (SSSR count). The van der Waals surface area contributed by atoms with Crippen molar-refractivity contribution in [2.24, 2.45) is 0 Å². The minimum absolute atomic E-state index is 0.300. The molecule has 2 heterocycles. The summed E-state index contributed by atoms with van der Waals surface area (Å²) in [5.41, 5.74) is 2.23. The van der Waals surface area contributed by atoms with Crippen molar-refractivity contribution in [2.75, 3.05) is 19.5 Å². The van der Waals surface area contributed by atoms with Gasteiger partial charge in [-0.3, -0.25) is 9.20 Å². The highest BCUT2D eigenvalue weighted by molar-refractivity contribution is 6.30. The third kappa shape index (κ3) is 2.88. The van der Waals surface area contributed by atoms with Gasteiger partial charge in [0, 0.05) is 12.3 Å². The first-order valence-corrected chi connectivity index (χ1v) is 7.59. The lowest BCUT2D eigenvalue weighted by Crippen LogP contribution is -2.16. The van der Waals surface area contributed by atoms with Crippen molar-refractivity contribution in [3.63, 3.8) is 0 Å². The quantitative estimate of drug-likeness (QED) is 0.785. The van der Waals surface area contributed by atoms with E-state index in [1.54, 1.807) is 55.0 Å². The lowest BCUT2D eigenvalue weighted by atomic mass is 10.2. The van der Waals surface area contributed by atoms with Gasteiger partial charge in [0.1, 0.15) is 22.8 Å². The van der Waals surface area contributed by atoms with Gasteiger partial charge in [-0.25, -0.2) is 4.98 Å². The number of aryl methyl sites for hydroxylation is 1. The van der Waals surface area contributed by atoms with Crippen LogP contribution in [0.15, 0.2) is 36.5 Å². The maximum absolute atomic E-state index is 12.7. The number of anilines is 1. The summed E-state index contributed by atoms with van der Waals surface area (Å²) in [4.78, 5) is 17.1. The molecule has 0 aliphatic rings. The molecule has 0 unspecified atom stereocenters. The minimum atomic E-state index is -0.300. The van der Waals surface area contributed by atoms with Gasteiger partial charge in [-0.1, -0.05) is 11.6 Å². The molecule has 0 saturated carbocycles. The van der Waals surface area contributed by atoms with Crippen LogP contribution in [0.1, 0.15) is 16.2 Å². The molecule has 1 aromatic carbocycles. The lowest BCUT2D eigenvalue weighted by molar-refractivity contribution is 0.102. The van der Waals surface area contributed by atoms with Crippen LogP contribution in [0.4, 0.5) is 5.69 Å². The Balaban J connectivity index is 1.99. The summed E-state index contributed by atoms with van der Waals surface area (Å²) in [6.45, 7) is 1.78. The highest BCUT2D eigenvalue weighted by atomic mass is 35.5. The van der Waals surface area contributed by atoms with E-state index in [1.807, 2.05) is 0 Å². The van der Waals surface area contributed by atoms with Crippen molar-refractivity contribution in [1.82, 2.24) is 9.38 Å². The standard InChI is InChI=1S/C17H16ClN3O3/c1-10-16(21-9-11(18)4-7-15(21)19-10)17(22)20-13-6-5-12(23-2)8-14(13)24-3/h4-9H,1-3H3,(H,20,22). The Morgan fingerprint density at radius 2 is 2.00 bits per heavy atom. The summed E-state index contributed by atoms with van der Waals surface area (Å²) < 4.78 is 12.1. The topological polar surface area (TPSA) is 64.9 Å². The predicted octanol–water partition coefficient (Wildman–Crippen LogP) is 3.57. The van der Waals surface area contributed by atoms with Gasteiger partial charge in [0.2, 0.25) is 0 Å². The SMILES string of the molecule is COc1ccc(NC(=O)c2c(C)nc3ccc(Cl)cn23)c(OC)c1. The maximum atomic E-state index is 12.7. The number of hydrogen-bond acceptors (Lipinski definition) is 4. The number of rotatable bonds is 4. The molecule has 0 radical (unpaired) electrons. The molecular weight excluding hydrogens is 330 g/mol. The fourth-order valence-electron chi connectivity index (χ4n) is 2.49. The molecule has 1 amide bonds. The first-order chi connectivity index (χ1) is 11.5. The van der Waals surface area contributed by atoms with Crippen molar-refractivity contribution in [1.29, 1.82) is 0 Å². The summed E-state index contributed by atoms with van der Waals surface area (Å²) in [7, 11) is 3.10. The Morgan fingerprint density at radius 3 is 2.71 bits per heavy atom. The third-order valence-electron chi connectivity index (χ3n) is 3.63. The van der Waals surface area contributed by atoms with Crippen LogP contribution in [0, 0.1) is 6.92 Å². The Labute approximate surface area is 144 Å². The molecule has 24 heavy (non-hydrogen) atoms. The van der Waals surface area contributed by atoms with Gasteiger partial charge in [-0.05, 0) is 31.2 Å². The van der Waals surface area contributed by atoms with Crippen LogP contribution in [0.5, 0.6) is 11.5 Å². The molecule has 1 N–H and O–H groups in total. The predicted molar refractivity (Wildman–Crippen MR) is 92.4 cm³/mol. The van der Waals surface area contributed by atoms with E-state index < -0.39 is 0 Å². The zero-order valence-corrected chi connectivity index (χ0v) is 14.2. The van der Waals surface area contributed by atoms with Gasteiger partial charge in [0.25, 0.3) is 5.91 Å². The van der Waals surface area contributed by atoms with E-state index in [0.29, 0.717) is 39.2 Å². The van der Waals surface area contributed by atoms with E-state index in [2.05, 4.69) is 10.3 Å². The van der Waals surface area contributed by atoms with E-state index in [1.165, 1.54) is 7.11 Å².